The number of H-pyrrole nitrogens is 1. The molecule has 0 saturated carbocycles. The summed E-state index contributed by atoms with van der Waals surface area (Å²) < 4.78 is 35.2. The lowest BCUT2D eigenvalue weighted by Crippen LogP contribution is -2.13. The molecule has 5 rings (SSSR count). The molecule has 0 atom stereocenters. The van der Waals surface area contributed by atoms with Gasteiger partial charge in [-0.2, -0.15) is 8.42 Å². The minimum absolute atomic E-state index is 0.102. The summed E-state index contributed by atoms with van der Waals surface area (Å²) in [5, 5.41) is 1.15. The Kier molecular flexibility index (Phi) is 3.71. The summed E-state index contributed by atoms with van der Waals surface area (Å²) in [6.45, 7) is 1.73. The van der Waals surface area contributed by atoms with Crippen molar-refractivity contribution >= 4 is 53.7 Å². The first-order valence-electron chi connectivity index (χ1n) is 9.17. The van der Waals surface area contributed by atoms with Gasteiger partial charge in [-0.05, 0) is 42.8 Å². The number of para-hydroxylation sites is 1. The molecule has 0 bridgehead atoms. The molecule has 150 valence electrons. The normalized spacial score (nSPS) is 12.4. The Bertz CT molecular complexity index is 1780. The first-order valence-corrected chi connectivity index (χ1v) is 10.6. The maximum absolute atomic E-state index is 13.3. The molecule has 0 unspecified atom stereocenters. The summed E-state index contributed by atoms with van der Waals surface area (Å²) in [6.07, 6.45) is 0. The molecule has 30 heavy (non-hydrogen) atoms. The Balaban J connectivity index is 2.07. The van der Waals surface area contributed by atoms with Crippen LogP contribution < -0.4 is 10.9 Å². The third-order valence-electron chi connectivity index (χ3n) is 5.64. The largest absolute Gasteiger partial charge is 0.354 e. The predicted molar refractivity (Wildman–Crippen MR) is 117 cm³/mol. The first kappa shape index (κ1) is 18.5. The number of fused-ring (bicyclic) bond motifs is 4. The van der Waals surface area contributed by atoms with Gasteiger partial charge in [-0.1, -0.05) is 18.2 Å². The highest BCUT2D eigenvalue weighted by atomic mass is 32.2. The van der Waals surface area contributed by atoms with Crippen molar-refractivity contribution in [1.82, 2.24) is 9.55 Å². The molecule has 0 aliphatic carbocycles. The number of pyridine rings is 2. The van der Waals surface area contributed by atoms with Crippen LogP contribution in [0.4, 0.5) is 0 Å². The minimum Gasteiger partial charge on any atom is -0.354 e. The van der Waals surface area contributed by atoms with E-state index in [1.165, 1.54) is 12.1 Å². The van der Waals surface area contributed by atoms with E-state index in [1.54, 1.807) is 38.2 Å². The quantitative estimate of drug-likeness (QED) is 0.320. The number of aromatic nitrogens is 2. The van der Waals surface area contributed by atoms with Crippen molar-refractivity contribution in [3.8, 4) is 0 Å². The lowest BCUT2D eigenvalue weighted by Gasteiger charge is -2.13. The van der Waals surface area contributed by atoms with Crippen molar-refractivity contribution in [3.05, 3.63) is 74.5 Å². The van der Waals surface area contributed by atoms with Crippen molar-refractivity contribution in [3.63, 3.8) is 0 Å². The number of nitrogens with one attached hydrogen (secondary N) is 1. The third-order valence-corrected chi connectivity index (χ3v) is 6.53. The van der Waals surface area contributed by atoms with E-state index in [9.17, 15) is 22.6 Å². The molecule has 7 nitrogen and oxygen atoms in total. The summed E-state index contributed by atoms with van der Waals surface area (Å²) >= 11 is 0. The smallest absolute Gasteiger partial charge is 0.295 e. The molecule has 0 aliphatic rings. The number of aromatic amines is 1. The topological polar surface area (TPSA) is 109 Å². The van der Waals surface area contributed by atoms with Gasteiger partial charge in [-0.3, -0.25) is 14.1 Å². The molecule has 0 fully saturated rings. The van der Waals surface area contributed by atoms with Crippen LogP contribution in [-0.4, -0.2) is 22.5 Å². The summed E-state index contributed by atoms with van der Waals surface area (Å²) in [5.41, 5.74) is 1.96. The van der Waals surface area contributed by atoms with Crippen LogP contribution in [0.25, 0.3) is 43.6 Å². The van der Waals surface area contributed by atoms with Crippen LogP contribution in [0, 0.1) is 6.92 Å². The lowest BCUT2D eigenvalue weighted by molar-refractivity contribution is 0.484. The van der Waals surface area contributed by atoms with Crippen molar-refractivity contribution in [1.29, 1.82) is 0 Å². The Morgan fingerprint density at radius 3 is 2.37 bits per heavy atom. The molecule has 2 N–H and O–H groups in total. The molecule has 0 radical (unpaired) electrons. The van der Waals surface area contributed by atoms with E-state index in [0.717, 1.165) is 5.52 Å². The SMILES string of the molecule is Cc1ccc(S(=O)(=O)O)c2c(=O)c3cc4c(cc3[nH]c12)c(=O)c1ccccc1n4C. The van der Waals surface area contributed by atoms with Crippen molar-refractivity contribution in [2.75, 3.05) is 0 Å². The molecule has 8 heteroatoms. The van der Waals surface area contributed by atoms with Gasteiger partial charge in [0.05, 0.1) is 27.5 Å². The van der Waals surface area contributed by atoms with E-state index >= 15 is 0 Å². The van der Waals surface area contributed by atoms with E-state index in [2.05, 4.69) is 4.98 Å². The monoisotopic (exact) mass is 420 g/mol. The molecule has 0 spiro atoms. The summed E-state index contributed by atoms with van der Waals surface area (Å²) in [4.78, 5) is 29.0. The highest BCUT2D eigenvalue weighted by Crippen LogP contribution is 2.27. The van der Waals surface area contributed by atoms with Crippen LogP contribution in [0.5, 0.6) is 0 Å². The fourth-order valence-corrected chi connectivity index (χ4v) is 4.82. The van der Waals surface area contributed by atoms with Gasteiger partial charge in [0.2, 0.25) is 0 Å². The maximum Gasteiger partial charge on any atom is 0.295 e. The zero-order valence-electron chi connectivity index (χ0n) is 16.1. The van der Waals surface area contributed by atoms with Gasteiger partial charge in [0.25, 0.3) is 10.1 Å². The Morgan fingerprint density at radius 1 is 0.900 bits per heavy atom. The fourth-order valence-electron chi connectivity index (χ4n) is 4.13. The van der Waals surface area contributed by atoms with Crippen molar-refractivity contribution < 1.29 is 13.0 Å². The third kappa shape index (κ3) is 2.44. The Morgan fingerprint density at radius 2 is 1.63 bits per heavy atom. The van der Waals surface area contributed by atoms with Crippen LogP contribution in [0.2, 0.25) is 0 Å². The first-order chi connectivity index (χ1) is 14.2. The van der Waals surface area contributed by atoms with Crippen molar-refractivity contribution in [2.24, 2.45) is 7.05 Å². The van der Waals surface area contributed by atoms with Gasteiger partial charge in [0.1, 0.15) is 4.90 Å². The standard InChI is InChI=1S/C22H16N2O5S/c1-11-7-8-18(30(27,28)29)19-20(11)23-15-9-14-17(10-13(15)22(19)26)24(2)16-6-4-3-5-12(16)21(14)25/h3-10H,1-2H3,(H,23,26)(H,27,28,29). The van der Waals surface area contributed by atoms with Crippen LogP contribution in [-0.2, 0) is 17.2 Å². The fraction of sp³-hybridized carbons (Fsp3) is 0.0909. The molecule has 0 amide bonds. The zero-order valence-corrected chi connectivity index (χ0v) is 16.9. The van der Waals surface area contributed by atoms with E-state index in [-0.39, 0.29) is 16.2 Å². The second-order valence-corrected chi connectivity index (χ2v) is 8.77. The Labute approximate surface area is 169 Å². The van der Waals surface area contributed by atoms with Crippen LogP contribution >= 0.6 is 0 Å². The zero-order chi connectivity index (χ0) is 21.4. The number of hydrogen-bond donors (Lipinski definition) is 2. The van der Waals surface area contributed by atoms with Crippen LogP contribution in [0.15, 0.2) is 63.0 Å². The van der Waals surface area contributed by atoms with E-state index < -0.39 is 20.4 Å². The van der Waals surface area contributed by atoms with E-state index in [4.69, 9.17) is 0 Å². The maximum atomic E-state index is 13.3. The highest BCUT2D eigenvalue weighted by molar-refractivity contribution is 7.86. The van der Waals surface area contributed by atoms with Crippen molar-refractivity contribution in [2.45, 2.75) is 11.8 Å². The molecular weight excluding hydrogens is 404 g/mol. The molecule has 2 heterocycles. The van der Waals surface area contributed by atoms with E-state index in [1.807, 2.05) is 16.7 Å². The molecular formula is C22H16N2O5S. The average Bonchev–Trinajstić information content (AvgIpc) is 2.71. The second kappa shape index (κ2) is 6.01. The van der Waals surface area contributed by atoms with Gasteiger partial charge in [-0.25, -0.2) is 0 Å². The average molecular weight is 420 g/mol. The molecule has 0 aliphatic heterocycles. The summed E-state index contributed by atoms with van der Waals surface area (Å²) in [7, 11) is -2.79. The van der Waals surface area contributed by atoms with Gasteiger partial charge in [0, 0.05) is 23.2 Å². The van der Waals surface area contributed by atoms with E-state index in [0.29, 0.717) is 32.9 Å². The Hall–Kier alpha value is -3.49. The second-order valence-electron chi connectivity index (χ2n) is 7.38. The summed E-state index contributed by atoms with van der Waals surface area (Å²) in [6, 6.07) is 13.2. The molecule has 3 aromatic carbocycles. The van der Waals surface area contributed by atoms with Gasteiger partial charge < -0.3 is 9.55 Å². The molecule has 2 aromatic heterocycles. The van der Waals surface area contributed by atoms with Crippen LogP contribution in [0.1, 0.15) is 5.56 Å². The predicted octanol–water partition coefficient (Wildman–Crippen LogP) is 3.24. The molecule has 5 aromatic rings. The number of nitrogens with zero attached hydrogens (tertiary/aromatic N) is 1. The van der Waals surface area contributed by atoms with Gasteiger partial charge in [-0.15, -0.1) is 0 Å². The van der Waals surface area contributed by atoms with Gasteiger partial charge in [0.15, 0.2) is 10.9 Å². The van der Waals surface area contributed by atoms with Gasteiger partial charge >= 0.3 is 0 Å². The molecule has 0 saturated heterocycles. The number of rotatable bonds is 1. The van der Waals surface area contributed by atoms with Crippen LogP contribution in [0.3, 0.4) is 0 Å². The number of hydrogen-bond acceptors (Lipinski definition) is 4. The summed E-state index contributed by atoms with van der Waals surface area (Å²) in [5.74, 6) is 0. The number of benzene rings is 3. The minimum atomic E-state index is -4.60. The highest BCUT2D eigenvalue weighted by Gasteiger charge is 2.20. The lowest BCUT2D eigenvalue weighted by atomic mass is 10.0. The number of aryl methyl sites for hydroxylation is 2.